The van der Waals surface area contributed by atoms with Gasteiger partial charge in [-0.1, -0.05) is 13.8 Å². The Morgan fingerprint density at radius 1 is 1.16 bits per heavy atom. The lowest BCUT2D eigenvalue weighted by Crippen LogP contribution is -2.21. The predicted octanol–water partition coefficient (Wildman–Crippen LogP) is 4.12. The molecule has 0 bridgehead atoms. The standard InChI is InChI=1S/C20H26N2O3/c1-12(2)17-10-16(6-7-18(17)24-5)25-20-13(3)8-15(9-14(20)4)22-19(23)11-21/h6-10,12H,11,21H2,1-5H3,(H,22,23). The van der Waals surface area contributed by atoms with Crippen LogP contribution in [0.4, 0.5) is 5.69 Å². The quantitative estimate of drug-likeness (QED) is 0.828. The largest absolute Gasteiger partial charge is 0.496 e. The molecule has 2 rings (SSSR count). The molecule has 0 heterocycles. The Balaban J connectivity index is 2.31. The number of anilines is 1. The van der Waals surface area contributed by atoms with Gasteiger partial charge in [0.2, 0.25) is 5.91 Å². The van der Waals surface area contributed by atoms with Crippen LogP contribution in [0.2, 0.25) is 0 Å². The van der Waals surface area contributed by atoms with E-state index in [0.29, 0.717) is 5.92 Å². The molecule has 1 amide bonds. The van der Waals surface area contributed by atoms with Gasteiger partial charge in [-0.2, -0.15) is 0 Å². The zero-order valence-corrected chi connectivity index (χ0v) is 15.5. The van der Waals surface area contributed by atoms with Gasteiger partial charge in [0.1, 0.15) is 17.2 Å². The number of amides is 1. The van der Waals surface area contributed by atoms with Crippen LogP contribution in [0.1, 0.15) is 36.5 Å². The Bertz CT molecular complexity index is 747. The molecular formula is C20H26N2O3. The van der Waals surface area contributed by atoms with Gasteiger partial charge in [-0.3, -0.25) is 4.79 Å². The number of nitrogens with two attached hydrogens (primary N) is 1. The summed E-state index contributed by atoms with van der Waals surface area (Å²) in [5.74, 6) is 2.51. The second-order valence-corrected chi connectivity index (χ2v) is 6.35. The first-order chi connectivity index (χ1) is 11.8. The highest BCUT2D eigenvalue weighted by molar-refractivity contribution is 5.92. The number of hydrogen-bond acceptors (Lipinski definition) is 4. The minimum atomic E-state index is -0.218. The van der Waals surface area contributed by atoms with Crippen molar-refractivity contribution in [2.75, 3.05) is 19.0 Å². The molecule has 0 unspecified atom stereocenters. The molecular weight excluding hydrogens is 316 g/mol. The number of ether oxygens (including phenoxy) is 2. The van der Waals surface area contributed by atoms with Crippen molar-refractivity contribution >= 4 is 11.6 Å². The summed E-state index contributed by atoms with van der Waals surface area (Å²) < 4.78 is 11.5. The predicted molar refractivity (Wildman–Crippen MR) is 101 cm³/mol. The van der Waals surface area contributed by atoms with Crippen LogP contribution < -0.4 is 20.5 Å². The van der Waals surface area contributed by atoms with Crippen molar-refractivity contribution in [2.45, 2.75) is 33.6 Å². The molecule has 2 aromatic carbocycles. The summed E-state index contributed by atoms with van der Waals surface area (Å²) in [5, 5.41) is 2.77. The number of carbonyl (C=O) groups is 1. The van der Waals surface area contributed by atoms with Crippen LogP contribution in [-0.4, -0.2) is 19.6 Å². The molecule has 0 saturated heterocycles. The molecule has 0 spiro atoms. The molecule has 0 atom stereocenters. The second-order valence-electron chi connectivity index (χ2n) is 6.35. The number of hydrogen-bond donors (Lipinski definition) is 2. The zero-order valence-electron chi connectivity index (χ0n) is 15.5. The maximum absolute atomic E-state index is 11.5. The van der Waals surface area contributed by atoms with Gasteiger partial charge in [0.25, 0.3) is 0 Å². The Morgan fingerprint density at radius 2 is 1.80 bits per heavy atom. The van der Waals surface area contributed by atoms with Crippen molar-refractivity contribution < 1.29 is 14.3 Å². The maximum atomic E-state index is 11.5. The summed E-state index contributed by atoms with van der Waals surface area (Å²) in [6, 6.07) is 9.58. The van der Waals surface area contributed by atoms with Crippen LogP contribution >= 0.6 is 0 Å². The summed E-state index contributed by atoms with van der Waals surface area (Å²) in [4.78, 5) is 11.5. The van der Waals surface area contributed by atoms with E-state index in [9.17, 15) is 4.79 Å². The molecule has 0 fully saturated rings. The lowest BCUT2D eigenvalue weighted by atomic mass is 10.0. The molecule has 0 aliphatic rings. The van der Waals surface area contributed by atoms with Gasteiger partial charge in [0.05, 0.1) is 13.7 Å². The van der Waals surface area contributed by atoms with Crippen LogP contribution in [0.3, 0.4) is 0 Å². The van der Waals surface area contributed by atoms with Gasteiger partial charge in [0.15, 0.2) is 0 Å². The van der Waals surface area contributed by atoms with E-state index in [4.69, 9.17) is 15.2 Å². The summed E-state index contributed by atoms with van der Waals surface area (Å²) >= 11 is 0. The fourth-order valence-electron chi connectivity index (χ4n) is 2.74. The number of methoxy groups -OCH3 is 1. The van der Waals surface area contributed by atoms with E-state index in [0.717, 1.165) is 39.6 Å². The first-order valence-electron chi connectivity index (χ1n) is 8.32. The van der Waals surface area contributed by atoms with Gasteiger partial charge in [-0.25, -0.2) is 0 Å². The molecule has 0 aliphatic heterocycles. The molecule has 3 N–H and O–H groups in total. The second kappa shape index (κ2) is 8.03. The molecule has 25 heavy (non-hydrogen) atoms. The smallest absolute Gasteiger partial charge is 0.238 e. The topological polar surface area (TPSA) is 73.6 Å². The fraction of sp³-hybridized carbons (Fsp3) is 0.350. The van der Waals surface area contributed by atoms with Crippen molar-refractivity contribution in [2.24, 2.45) is 5.73 Å². The Morgan fingerprint density at radius 3 is 2.32 bits per heavy atom. The first kappa shape index (κ1) is 18.8. The normalized spacial score (nSPS) is 10.7. The lowest BCUT2D eigenvalue weighted by molar-refractivity contribution is -0.114. The molecule has 0 aromatic heterocycles. The van der Waals surface area contributed by atoms with Crippen LogP contribution in [0.5, 0.6) is 17.2 Å². The minimum absolute atomic E-state index is 0.0415. The minimum Gasteiger partial charge on any atom is -0.496 e. The summed E-state index contributed by atoms with van der Waals surface area (Å²) in [6.45, 7) is 8.10. The van der Waals surface area contributed by atoms with Gasteiger partial charge < -0.3 is 20.5 Å². The molecule has 0 saturated carbocycles. The molecule has 134 valence electrons. The highest BCUT2D eigenvalue weighted by atomic mass is 16.5. The van der Waals surface area contributed by atoms with E-state index >= 15 is 0 Å². The number of carbonyl (C=O) groups excluding carboxylic acids is 1. The third-order valence-electron chi connectivity index (χ3n) is 3.97. The highest BCUT2D eigenvalue weighted by Gasteiger charge is 2.12. The van der Waals surface area contributed by atoms with E-state index in [1.807, 2.05) is 44.2 Å². The van der Waals surface area contributed by atoms with Crippen molar-refractivity contribution in [3.8, 4) is 17.2 Å². The Hall–Kier alpha value is -2.53. The SMILES string of the molecule is COc1ccc(Oc2c(C)cc(NC(=O)CN)cc2C)cc1C(C)C. The molecule has 0 radical (unpaired) electrons. The molecule has 2 aromatic rings. The van der Waals surface area contributed by atoms with Crippen molar-refractivity contribution in [1.82, 2.24) is 0 Å². The van der Waals surface area contributed by atoms with Gasteiger partial charge in [-0.15, -0.1) is 0 Å². The highest BCUT2D eigenvalue weighted by Crippen LogP contribution is 2.35. The fourth-order valence-corrected chi connectivity index (χ4v) is 2.74. The molecule has 5 heteroatoms. The maximum Gasteiger partial charge on any atom is 0.238 e. The third-order valence-corrected chi connectivity index (χ3v) is 3.97. The van der Waals surface area contributed by atoms with Crippen molar-refractivity contribution in [3.05, 3.63) is 47.0 Å². The number of aryl methyl sites for hydroxylation is 2. The number of nitrogens with one attached hydrogen (secondary N) is 1. The lowest BCUT2D eigenvalue weighted by Gasteiger charge is -2.17. The van der Waals surface area contributed by atoms with Crippen LogP contribution in [0.15, 0.2) is 30.3 Å². The number of rotatable bonds is 6. The van der Waals surface area contributed by atoms with E-state index in [-0.39, 0.29) is 12.5 Å². The van der Waals surface area contributed by atoms with Crippen molar-refractivity contribution in [3.63, 3.8) is 0 Å². The Labute approximate surface area is 149 Å². The zero-order chi connectivity index (χ0) is 18.6. The number of benzene rings is 2. The monoisotopic (exact) mass is 342 g/mol. The van der Waals surface area contributed by atoms with Gasteiger partial charge in [0, 0.05) is 11.3 Å². The van der Waals surface area contributed by atoms with E-state index < -0.39 is 0 Å². The van der Waals surface area contributed by atoms with E-state index in [2.05, 4.69) is 19.2 Å². The average molecular weight is 342 g/mol. The Kier molecular flexibility index (Phi) is 6.04. The summed E-state index contributed by atoms with van der Waals surface area (Å²) in [7, 11) is 1.67. The van der Waals surface area contributed by atoms with Crippen molar-refractivity contribution in [1.29, 1.82) is 0 Å². The third kappa shape index (κ3) is 4.51. The van der Waals surface area contributed by atoms with Crippen LogP contribution in [0, 0.1) is 13.8 Å². The van der Waals surface area contributed by atoms with Crippen LogP contribution in [-0.2, 0) is 4.79 Å². The average Bonchev–Trinajstić information content (AvgIpc) is 2.57. The van der Waals surface area contributed by atoms with E-state index in [1.165, 1.54) is 0 Å². The van der Waals surface area contributed by atoms with E-state index in [1.54, 1.807) is 7.11 Å². The summed E-state index contributed by atoms with van der Waals surface area (Å²) in [5.41, 5.74) is 9.04. The molecule has 5 nitrogen and oxygen atoms in total. The van der Waals surface area contributed by atoms with Gasteiger partial charge >= 0.3 is 0 Å². The first-order valence-corrected chi connectivity index (χ1v) is 8.32. The van der Waals surface area contributed by atoms with Crippen LogP contribution in [0.25, 0.3) is 0 Å². The molecule has 0 aliphatic carbocycles. The summed E-state index contributed by atoms with van der Waals surface area (Å²) in [6.07, 6.45) is 0. The van der Waals surface area contributed by atoms with Gasteiger partial charge in [-0.05, 0) is 61.2 Å².